The zero-order valence-electron chi connectivity index (χ0n) is 20.4. The van der Waals surface area contributed by atoms with Crippen molar-refractivity contribution in [3.05, 3.63) is 60.4 Å². The van der Waals surface area contributed by atoms with Crippen molar-refractivity contribution in [2.45, 2.75) is 57.2 Å². The van der Waals surface area contributed by atoms with Crippen molar-refractivity contribution < 1.29 is 14.3 Å². The number of fused-ring (bicyclic) bond motifs is 1. The largest absolute Gasteiger partial charge is 0.462 e. The minimum absolute atomic E-state index is 0.163. The summed E-state index contributed by atoms with van der Waals surface area (Å²) in [5.41, 5.74) is 3.45. The van der Waals surface area contributed by atoms with E-state index in [1.165, 1.54) is 28.0 Å². The summed E-state index contributed by atoms with van der Waals surface area (Å²) in [7, 11) is 0. The lowest BCUT2D eigenvalue weighted by atomic mass is 9.85. The van der Waals surface area contributed by atoms with Gasteiger partial charge in [-0.15, -0.1) is 22.7 Å². The van der Waals surface area contributed by atoms with Crippen molar-refractivity contribution in [3.8, 4) is 0 Å². The second kappa shape index (κ2) is 12.3. The first-order chi connectivity index (χ1) is 17.3. The van der Waals surface area contributed by atoms with Crippen molar-refractivity contribution in [1.29, 1.82) is 0 Å². The Bertz CT molecular complexity index is 1270. The number of nitrogens with zero attached hydrogens (tertiary/aromatic N) is 1. The normalized spacial score (nSPS) is 15.0. The Kier molecular flexibility index (Phi) is 9.39. The topological polar surface area (TPSA) is 68.3 Å². The van der Waals surface area contributed by atoms with Crippen LogP contribution in [-0.4, -0.2) is 29.2 Å². The van der Waals surface area contributed by atoms with E-state index in [1.54, 1.807) is 30.4 Å². The highest BCUT2D eigenvalue weighted by atomic mass is 35.5. The zero-order valence-corrected chi connectivity index (χ0v) is 24.4. The molecule has 0 spiro atoms. The van der Waals surface area contributed by atoms with Gasteiger partial charge in [-0.2, -0.15) is 0 Å². The quantitative estimate of drug-likeness (QED) is 0.205. The van der Waals surface area contributed by atoms with Crippen LogP contribution in [0.25, 0.3) is 0 Å². The van der Waals surface area contributed by atoms with Gasteiger partial charge in [-0.25, -0.2) is 9.78 Å². The molecule has 0 radical (unpaired) electrons. The van der Waals surface area contributed by atoms with Gasteiger partial charge in [0.15, 0.2) is 4.34 Å². The van der Waals surface area contributed by atoms with Gasteiger partial charge >= 0.3 is 5.97 Å². The molecule has 0 saturated heterocycles. The van der Waals surface area contributed by atoms with Crippen molar-refractivity contribution in [2.24, 2.45) is 5.92 Å². The van der Waals surface area contributed by atoms with Gasteiger partial charge in [-0.05, 0) is 68.4 Å². The summed E-state index contributed by atoms with van der Waals surface area (Å²) >= 11 is 16.9. The summed E-state index contributed by atoms with van der Waals surface area (Å²) in [6.45, 7) is 6.25. The molecule has 0 fully saturated rings. The molecule has 1 amide bonds. The van der Waals surface area contributed by atoms with Crippen molar-refractivity contribution in [2.75, 3.05) is 17.7 Å². The summed E-state index contributed by atoms with van der Waals surface area (Å²) in [6, 6.07) is 5.44. The molecule has 1 N–H and O–H groups in total. The maximum absolute atomic E-state index is 12.9. The molecule has 1 aromatic carbocycles. The first-order valence-electron chi connectivity index (χ1n) is 11.9. The first kappa shape index (κ1) is 27.5. The van der Waals surface area contributed by atoms with Crippen molar-refractivity contribution >= 4 is 74.5 Å². The van der Waals surface area contributed by atoms with Crippen LogP contribution in [0.2, 0.25) is 10.0 Å². The molecule has 4 rings (SSSR count). The Hall–Kier alpha value is -1.58. The van der Waals surface area contributed by atoms with Crippen LogP contribution in [0.3, 0.4) is 0 Å². The molecular weight excluding hydrogens is 555 g/mol. The van der Waals surface area contributed by atoms with Gasteiger partial charge in [0.2, 0.25) is 5.91 Å². The number of hydrogen-bond acceptors (Lipinski definition) is 7. The van der Waals surface area contributed by atoms with Crippen molar-refractivity contribution in [1.82, 2.24) is 4.98 Å². The van der Waals surface area contributed by atoms with E-state index in [4.69, 9.17) is 27.9 Å². The fraction of sp³-hybridized carbons (Fsp3) is 0.423. The predicted molar refractivity (Wildman–Crippen MR) is 152 cm³/mol. The number of thioether (sulfide) groups is 1. The number of benzene rings is 1. The van der Waals surface area contributed by atoms with Crippen LogP contribution in [0.1, 0.15) is 63.6 Å². The van der Waals surface area contributed by atoms with Crippen LogP contribution < -0.4 is 5.32 Å². The van der Waals surface area contributed by atoms with Crippen LogP contribution in [0.15, 0.2) is 22.5 Å². The molecule has 1 unspecified atom stereocenters. The van der Waals surface area contributed by atoms with Gasteiger partial charge in [-0.3, -0.25) is 4.79 Å². The maximum Gasteiger partial charge on any atom is 0.341 e. The molecule has 10 heteroatoms. The predicted octanol–water partition coefficient (Wildman–Crippen LogP) is 7.83. The highest BCUT2D eigenvalue weighted by molar-refractivity contribution is 8.01. The molecule has 0 aliphatic heterocycles. The molecule has 3 aromatic rings. The second-order valence-electron chi connectivity index (χ2n) is 8.68. The number of hydrogen-bond donors (Lipinski definition) is 1. The highest BCUT2D eigenvalue weighted by Gasteiger charge is 2.30. The van der Waals surface area contributed by atoms with Crippen LogP contribution >= 0.6 is 57.6 Å². The SMILES string of the molecule is CCOC(=O)c1c(NC(=O)CSc2nc(C)c(Cc3cc(Cl)ccc3Cl)s2)sc2c1CCC(CC)C2. The second-order valence-corrected chi connectivity index (χ2v) is 12.9. The van der Waals surface area contributed by atoms with Crippen molar-refractivity contribution in [3.63, 3.8) is 0 Å². The third-order valence-corrected chi connectivity index (χ3v) is 10.3. The number of nitrogens with one attached hydrogen (secondary N) is 1. The third-order valence-electron chi connectivity index (χ3n) is 6.24. The van der Waals surface area contributed by atoms with E-state index < -0.39 is 0 Å². The third kappa shape index (κ3) is 6.45. The van der Waals surface area contributed by atoms with E-state index in [0.717, 1.165) is 51.7 Å². The minimum Gasteiger partial charge on any atom is -0.462 e. The number of amides is 1. The molecular formula is C26H28Cl2N2O3S3. The molecule has 36 heavy (non-hydrogen) atoms. The molecule has 1 aliphatic rings. The number of rotatable bonds is 9. The molecule has 1 aliphatic carbocycles. The fourth-order valence-electron chi connectivity index (χ4n) is 4.28. The summed E-state index contributed by atoms with van der Waals surface area (Å²) in [5, 5.41) is 4.90. The van der Waals surface area contributed by atoms with E-state index in [2.05, 4.69) is 17.2 Å². The molecule has 1 atom stereocenters. The summed E-state index contributed by atoms with van der Waals surface area (Å²) in [6.07, 6.45) is 4.61. The first-order valence-corrected chi connectivity index (χ1v) is 15.3. The van der Waals surface area contributed by atoms with Crippen LogP contribution in [0, 0.1) is 12.8 Å². The number of anilines is 1. The molecule has 192 valence electrons. The van der Waals surface area contributed by atoms with E-state index in [0.29, 0.717) is 39.6 Å². The minimum atomic E-state index is -0.354. The molecule has 0 bridgehead atoms. The van der Waals surface area contributed by atoms with E-state index >= 15 is 0 Å². The summed E-state index contributed by atoms with van der Waals surface area (Å²) in [5.74, 6) is 0.304. The number of aryl methyl sites for hydroxylation is 1. The number of thiazole rings is 1. The van der Waals surface area contributed by atoms with Gasteiger partial charge in [-0.1, -0.05) is 48.3 Å². The van der Waals surface area contributed by atoms with Gasteiger partial charge in [0.25, 0.3) is 0 Å². The van der Waals surface area contributed by atoms with E-state index in [-0.39, 0.29) is 17.6 Å². The standard InChI is InChI=1S/C26H28Cl2N2O3S3/c1-4-15-6-8-18-21(10-15)35-24(23(18)25(32)33-5-2)30-22(31)13-34-26-29-14(3)20(36-26)12-16-11-17(27)7-9-19(16)28/h7,9,11,15H,4-6,8,10,12-13H2,1-3H3,(H,30,31). The maximum atomic E-state index is 12.9. The number of ether oxygens (including phenoxy) is 1. The Morgan fingerprint density at radius 3 is 2.81 bits per heavy atom. The van der Waals surface area contributed by atoms with E-state index in [1.807, 2.05) is 13.0 Å². The summed E-state index contributed by atoms with van der Waals surface area (Å²) in [4.78, 5) is 32.5. The molecule has 5 nitrogen and oxygen atoms in total. The van der Waals surface area contributed by atoms with Crippen LogP contribution in [0.4, 0.5) is 5.00 Å². The fourth-order valence-corrected chi connectivity index (χ4v) is 8.08. The van der Waals surface area contributed by atoms with Gasteiger partial charge in [0.05, 0.1) is 23.6 Å². The van der Waals surface area contributed by atoms with Gasteiger partial charge in [0, 0.05) is 26.2 Å². The smallest absolute Gasteiger partial charge is 0.341 e. The average Bonchev–Trinajstić information content (AvgIpc) is 3.38. The lowest BCUT2D eigenvalue weighted by Crippen LogP contribution is -2.18. The number of halogens is 2. The Balaban J connectivity index is 1.43. The Morgan fingerprint density at radius 2 is 2.06 bits per heavy atom. The number of aromatic nitrogens is 1. The Labute approximate surface area is 234 Å². The van der Waals surface area contributed by atoms with Gasteiger partial charge < -0.3 is 10.1 Å². The summed E-state index contributed by atoms with van der Waals surface area (Å²) < 4.78 is 6.14. The zero-order chi connectivity index (χ0) is 25.8. The number of esters is 1. The number of carbonyl (C=O) groups is 2. The monoisotopic (exact) mass is 582 g/mol. The molecule has 0 saturated carbocycles. The number of carbonyl (C=O) groups excluding carboxylic acids is 2. The lowest BCUT2D eigenvalue weighted by Gasteiger charge is -2.20. The number of thiophene rings is 1. The average molecular weight is 584 g/mol. The van der Waals surface area contributed by atoms with Gasteiger partial charge in [0.1, 0.15) is 5.00 Å². The lowest BCUT2D eigenvalue weighted by molar-refractivity contribution is -0.113. The van der Waals surface area contributed by atoms with E-state index in [9.17, 15) is 9.59 Å². The van der Waals surface area contributed by atoms with Crippen LogP contribution in [-0.2, 0) is 28.8 Å². The molecule has 2 heterocycles. The van der Waals surface area contributed by atoms with Crippen LogP contribution in [0.5, 0.6) is 0 Å². The highest BCUT2D eigenvalue weighted by Crippen LogP contribution is 2.41. The molecule has 2 aromatic heterocycles. The Morgan fingerprint density at radius 1 is 1.25 bits per heavy atom.